The van der Waals surface area contributed by atoms with Gasteiger partial charge in [0.05, 0.1) is 12.6 Å². The summed E-state index contributed by atoms with van der Waals surface area (Å²) in [7, 11) is 9.93. The van der Waals surface area contributed by atoms with Crippen LogP contribution in [0.2, 0.25) is 0 Å². The molecule has 1 rings (SSSR count). The summed E-state index contributed by atoms with van der Waals surface area (Å²) in [5.74, 6) is -10.3. The molecule has 1 aliphatic rings. The largest absolute Gasteiger partial charge is 0.390 e. The molecular weight excluding hydrogens is 1100 g/mol. The average Bonchev–Trinajstić information content (AvgIpc) is 1.56. The zero-order valence-corrected chi connectivity index (χ0v) is 56.9. The average molecular weight is 1220 g/mol. The van der Waals surface area contributed by atoms with Crippen LogP contribution >= 0.6 is 0 Å². The van der Waals surface area contributed by atoms with E-state index in [2.05, 4.69) is 21.3 Å². The van der Waals surface area contributed by atoms with Gasteiger partial charge < -0.3 is 60.7 Å². The van der Waals surface area contributed by atoms with E-state index in [0.717, 1.165) is 9.80 Å². The van der Waals surface area contributed by atoms with Crippen LogP contribution in [0.15, 0.2) is 12.2 Å². The lowest BCUT2D eigenvalue weighted by Gasteiger charge is -2.40. The van der Waals surface area contributed by atoms with Gasteiger partial charge in [-0.2, -0.15) is 0 Å². The first kappa shape index (κ1) is 77.9. The number of rotatable bonds is 15. The molecule has 1 heterocycles. The number of likely N-dealkylation sites (N-methyl/N-ethyl adjacent to an activating group) is 7. The Morgan fingerprint density at radius 3 is 1.28 bits per heavy atom. The van der Waals surface area contributed by atoms with Gasteiger partial charge in [0.2, 0.25) is 65.0 Å². The molecule has 0 aromatic carbocycles. The van der Waals surface area contributed by atoms with Gasteiger partial charge in [0.15, 0.2) is 0 Å². The van der Waals surface area contributed by atoms with Crippen molar-refractivity contribution in [3.8, 4) is 0 Å². The SMILES string of the molecule is C/C=C/C[C@@H](C)[C@@H](O)[C@H]1C(=O)N[C@@H](C(C)C)C(=O)N(C)CC(=O)N(C)[C@@H](CC(C)C)C(=O)N(C)[C@@H](C(C)C)C(=O)N(C)[C@@H](CC(C)C)C(=O)N[C@@H](C)C(=O)N[C@H](C)C(=O)N(C)[C@@H](CC(C)C)C(=O)N[C@@H](CC(C)C)C(=O)N(C)[C@@H](C(C)C)C(=O)N1C. The molecule has 23 heteroatoms. The molecule has 0 radical (unpaired) electrons. The summed E-state index contributed by atoms with van der Waals surface area (Å²) in [6, 6.07) is -12.4. The number of hydrogen-bond acceptors (Lipinski definition) is 12. The summed E-state index contributed by atoms with van der Waals surface area (Å²) in [6.07, 6.45) is 2.98. The van der Waals surface area contributed by atoms with Gasteiger partial charge in [0, 0.05) is 49.3 Å². The van der Waals surface area contributed by atoms with Gasteiger partial charge in [0.1, 0.15) is 60.4 Å². The molecule has 0 aliphatic carbocycles. The van der Waals surface area contributed by atoms with Gasteiger partial charge in [-0.15, -0.1) is 0 Å². The quantitative estimate of drug-likeness (QED) is 0.147. The number of allylic oxidation sites excluding steroid dienone is 2. The van der Waals surface area contributed by atoms with E-state index in [1.807, 2.05) is 61.5 Å². The zero-order chi connectivity index (χ0) is 66.8. The lowest BCUT2D eigenvalue weighted by atomic mass is 9.91. The Hall–Kier alpha value is -6.13. The first-order chi connectivity index (χ1) is 39.6. The smallest absolute Gasteiger partial charge is 0.246 e. The fraction of sp³-hybridized carbons (Fsp3) is 0.794. The summed E-state index contributed by atoms with van der Waals surface area (Å²) in [6.45, 7) is 31.1. The number of amides is 11. The molecule has 492 valence electrons. The number of carbonyl (C=O) groups excluding carboxylic acids is 11. The number of aliphatic hydroxyl groups excluding tert-OH is 1. The van der Waals surface area contributed by atoms with Gasteiger partial charge in [-0.05, 0) is 100 Å². The van der Waals surface area contributed by atoms with Gasteiger partial charge in [-0.3, -0.25) is 52.7 Å². The van der Waals surface area contributed by atoms with Crippen LogP contribution in [0, 0.1) is 47.3 Å². The lowest BCUT2D eigenvalue weighted by Crippen LogP contribution is -2.64. The number of nitrogens with one attached hydrogen (secondary N) is 4. The first-order valence-electron chi connectivity index (χ1n) is 30.9. The molecule has 0 unspecified atom stereocenters. The van der Waals surface area contributed by atoms with E-state index < -0.39 is 162 Å². The maximum atomic E-state index is 15.1. The highest BCUT2D eigenvalue weighted by Gasteiger charge is 2.46. The lowest BCUT2D eigenvalue weighted by molar-refractivity contribution is -0.155. The van der Waals surface area contributed by atoms with Crippen LogP contribution in [0.3, 0.4) is 0 Å². The van der Waals surface area contributed by atoms with E-state index in [4.69, 9.17) is 0 Å². The number of hydrogen-bond donors (Lipinski definition) is 5. The Bertz CT molecular complexity index is 2360. The van der Waals surface area contributed by atoms with Gasteiger partial charge in [-0.1, -0.05) is 116 Å². The Balaban J connectivity index is 4.36. The molecule has 86 heavy (non-hydrogen) atoms. The highest BCUT2D eigenvalue weighted by atomic mass is 16.3. The van der Waals surface area contributed by atoms with Crippen LogP contribution in [0.25, 0.3) is 0 Å². The molecule has 5 N–H and O–H groups in total. The van der Waals surface area contributed by atoms with Crippen LogP contribution < -0.4 is 21.3 Å². The molecule has 0 aromatic heterocycles. The van der Waals surface area contributed by atoms with Crippen molar-refractivity contribution in [3.05, 3.63) is 12.2 Å². The normalized spacial score (nSPS) is 26.8. The second-order valence-corrected chi connectivity index (χ2v) is 26.9. The highest BCUT2D eigenvalue weighted by molar-refractivity contribution is 5.99. The van der Waals surface area contributed by atoms with E-state index in [0.29, 0.717) is 6.42 Å². The zero-order valence-electron chi connectivity index (χ0n) is 56.9. The maximum absolute atomic E-state index is 15.1. The minimum Gasteiger partial charge on any atom is -0.390 e. The second-order valence-electron chi connectivity index (χ2n) is 26.9. The van der Waals surface area contributed by atoms with Gasteiger partial charge in [0.25, 0.3) is 0 Å². The van der Waals surface area contributed by atoms with Crippen LogP contribution in [0.5, 0.6) is 0 Å². The van der Waals surface area contributed by atoms with Crippen LogP contribution in [-0.4, -0.2) is 227 Å². The molecule has 12 atom stereocenters. The van der Waals surface area contributed by atoms with E-state index in [1.54, 1.807) is 61.5 Å². The van der Waals surface area contributed by atoms with Crippen molar-refractivity contribution >= 4 is 65.0 Å². The summed E-state index contributed by atoms with van der Waals surface area (Å²) in [5, 5.41) is 23.2. The third-order valence-electron chi connectivity index (χ3n) is 16.2. The molecule has 0 saturated carbocycles. The molecule has 0 bridgehead atoms. The number of carbonyl (C=O) groups is 11. The van der Waals surface area contributed by atoms with Crippen LogP contribution in [-0.2, 0) is 52.7 Å². The molecule has 0 spiro atoms. The fourth-order valence-electron chi connectivity index (χ4n) is 11.0. The predicted molar refractivity (Wildman–Crippen MR) is 333 cm³/mol. The fourth-order valence-corrected chi connectivity index (χ4v) is 11.0. The van der Waals surface area contributed by atoms with E-state index in [1.165, 1.54) is 87.7 Å². The topological polar surface area (TPSA) is 279 Å². The minimum atomic E-state index is -1.62. The Kier molecular flexibility index (Phi) is 31.7. The number of aliphatic hydroxyl groups is 1. The minimum absolute atomic E-state index is 0.118. The van der Waals surface area contributed by atoms with Crippen molar-refractivity contribution in [3.63, 3.8) is 0 Å². The van der Waals surface area contributed by atoms with Crippen molar-refractivity contribution in [1.82, 2.24) is 55.6 Å². The van der Waals surface area contributed by atoms with Crippen molar-refractivity contribution in [2.75, 3.05) is 55.9 Å². The predicted octanol–water partition coefficient (Wildman–Crippen LogP) is 3.52. The van der Waals surface area contributed by atoms with Crippen molar-refractivity contribution in [2.24, 2.45) is 47.3 Å². The Morgan fingerprint density at radius 1 is 0.430 bits per heavy atom. The third kappa shape index (κ3) is 21.6. The summed E-state index contributed by atoms with van der Waals surface area (Å²) >= 11 is 0. The molecule has 11 amide bonds. The Labute approximate surface area is 515 Å². The van der Waals surface area contributed by atoms with Crippen molar-refractivity contribution < 1.29 is 57.8 Å². The van der Waals surface area contributed by atoms with E-state index in [9.17, 15) is 53.1 Å². The summed E-state index contributed by atoms with van der Waals surface area (Å²) < 4.78 is 0. The third-order valence-corrected chi connectivity index (χ3v) is 16.2. The maximum Gasteiger partial charge on any atom is 0.246 e. The molecule has 23 nitrogen and oxygen atoms in total. The van der Waals surface area contributed by atoms with Crippen molar-refractivity contribution in [1.29, 1.82) is 0 Å². The molecule has 1 aliphatic heterocycles. The summed E-state index contributed by atoms with van der Waals surface area (Å²) in [4.78, 5) is 169. The van der Waals surface area contributed by atoms with E-state index >= 15 is 4.79 Å². The second kappa shape index (κ2) is 35.0. The molecular formula is C63H113N11O12. The van der Waals surface area contributed by atoms with Crippen LogP contribution in [0.4, 0.5) is 0 Å². The highest BCUT2D eigenvalue weighted by Crippen LogP contribution is 2.25. The van der Waals surface area contributed by atoms with Crippen molar-refractivity contribution in [2.45, 2.75) is 223 Å². The Morgan fingerprint density at radius 2 is 0.837 bits per heavy atom. The molecule has 1 fully saturated rings. The van der Waals surface area contributed by atoms with Crippen LogP contribution in [0.1, 0.15) is 157 Å². The van der Waals surface area contributed by atoms with E-state index in [-0.39, 0.29) is 49.4 Å². The first-order valence-corrected chi connectivity index (χ1v) is 30.9. The summed E-state index contributed by atoms with van der Waals surface area (Å²) in [5.41, 5.74) is 0. The standard InChI is InChI=1S/C63H113N11O12/c1-26-27-28-41(16)53(76)52-57(80)67-49(38(10)11)61(84)68(19)33-48(75)69(20)47(32-37(8)9)60(83)73(24)50(39(12)13)62(85)71(22)45(30-35(4)5)55(78)64-42(17)54(77)65-43(18)58(81)70(21)46(31-36(6)7)56(79)66-44(29-34(2)3)59(82)72(23)51(40(14)15)63(86)74(52)25/h26-27,34-47,49-53,76H,28-33H2,1-25H3,(H,64,78)(H,65,77)(H,66,79)(H,67,80)/b27-26+/t41-,42+,43-,44+,45+,46+,47+,49+,50+,51+,52+,53-/m1/s1. The monoisotopic (exact) mass is 1220 g/mol. The molecule has 1 saturated heterocycles. The number of nitrogens with zero attached hydrogens (tertiary/aromatic N) is 7. The molecule has 0 aromatic rings. The van der Waals surface area contributed by atoms with Gasteiger partial charge >= 0.3 is 0 Å². The van der Waals surface area contributed by atoms with Gasteiger partial charge in [-0.25, -0.2) is 0 Å².